The minimum atomic E-state index is 0.688. The maximum atomic E-state index is 4.96. The molecule has 0 heterocycles. The summed E-state index contributed by atoms with van der Waals surface area (Å²) >= 11 is 4.96. The molecule has 4 heteroatoms. The highest BCUT2D eigenvalue weighted by Crippen LogP contribution is 1.72. The van der Waals surface area contributed by atoms with Gasteiger partial charge in [-0.2, -0.15) is 0 Å². The number of nitrogens with one attached hydrogen (secondary N) is 2. The van der Waals surface area contributed by atoms with Crippen LogP contribution in [0.4, 0.5) is 0 Å². The van der Waals surface area contributed by atoms with Gasteiger partial charge in [-0.05, 0) is 18.6 Å². The molecule has 11 heavy (non-hydrogen) atoms. The van der Waals surface area contributed by atoms with E-state index in [1.165, 1.54) is 0 Å². The molecule has 0 fully saturated rings. The van der Waals surface area contributed by atoms with Crippen LogP contribution >= 0.6 is 12.2 Å². The van der Waals surface area contributed by atoms with Gasteiger partial charge >= 0.3 is 0 Å². The van der Waals surface area contributed by atoms with Crippen LogP contribution in [0.1, 0.15) is 13.3 Å². The highest BCUT2D eigenvalue weighted by molar-refractivity contribution is 7.80. The van der Waals surface area contributed by atoms with Crippen molar-refractivity contribution in [3.63, 3.8) is 0 Å². The fraction of sp³-hybridized carbons (Fsp3) is 0.857. The topological polar surface area (TPSA) is 33.3 Å². The first kappa shape index (κ1) is 10.7. The molecule has 0 unspecified atom stereocenters. The van der Waals surface area contributed by atoms with Crippen LogP contribution in [-0.2, 0) is 4.74 Å². The van der Waals surface area contributed by atoms with Gasteiger partial charge < -0.3 is 15.4 Å². The van der Waals surface area contributed by atoms with E-state index in [1.54, 1.807) is 7.11 Å². The van der Waals surface area contributed by atoms with Crippen molar-refractivity contribution in [1.29, 1.82) is 0 Å². The van der Waals surface area contributed by atoms with Crippen molar-refractivity contribution in [2.75, 3.05) is 26.8 Å². The number of hydrogen-bond donors (Lipinski definition) is 2. The molecule has 0 rings (SSSR count). The molecule has 0 aliphatic heterocycles. The van der Waals surface area contributed by atoms with Crippen LogP contribution < -0.4 is 10.6 Å². The molecule has 3 nitrogen and oxygen atoms in total. The third-order valence-corrected chi connectivity index (χ3v) is 1.42. The zero-order valence-electron chi connectivity index (χ0n) is 7.14. The van der Waals surface area contributed by atoms with Gasteiger partial charge in [0, 0.05) is 20.2 Å². The van der Waals surface area contributed by atoms with Crippen LogP contribution in [0.3, 0.4) is 0 Å². The molecular formula is C7H16N2OS. The zero-order valence-corrected chi connectivity index (χ0v) is 7.96. The van der Waals surface area contributed by atoms with Crippen LogP contribution in [-0.4, -0.2) is 31.9 Å². The van der Waals surface area contributed by atoms with Gasteiger partial charge in [-0.15, -0.1) is 0 Å². The first-order chi connectivity index (χ1) is 5.31. The molecule has 0 aliphatic carbocycles. The Labute approximate surface area is 73.5 Å². The third-order valence-electron chi connectivity index (χ3n) is 1.13. The van der Waals surface area contributed by atoms with Crippen molar-refractivity contribution in [3.8, 4) is 0 Å². The number of ether oxygens (including phenoxy) is 1. The van der Waals surface area contributed by atoms with Gasteiger partial charge in [0.1, 0.15) is 0 Å². The molecule has 0 bridgehead atoms. The summed E-state index contributed by atoms with van der Waals surface area (Å²) in [5, 5.41) is 6.78. The summed E-state index contributed by atoms with van der Waals surface area (Å²) in [5.41, 5.74) is 0. The summed E-state index contributed by atoms with van der Waals surface area (Å²) in [5.74, 6) is 0. The highest BCUT2D eigenvalue weighted by Gasteiger charge is 1.90. The molecule has 0 spiro atoms. The van der Waals surface area contributed by atoms with Crippen molar-refractivity contribution in [3.05, 3.63) is 0 Å². The lowest BCUT2D eigenvalue weighted by molar-refractivity contribution is 0.204. The second-order valence-electron chi connectivity index (χ2n) is 2.18. The lowest BCUT2D eigenvalue weighted by Gasteiger charge is -2.08. The maximum Gasteiger partial charge on any atom is 0.166 e. The fourth-order valence-corrected chi connectivity index (χ4v) is 0.772. The minimum absolute atomic E-state index is 0.688. The molecule has 0 saturated carbocycles. The summed E-state index contributed by atoms with van der Waals surface area (Å²) in [6.07, 6.45) is 1.09. The molecule has 2 N–H and O–H groups in total. The Bertz CT molecular complexity index is 109. The number of thiocarbonyl (C=S) groups is 1. The van der Waals surface area contributed by atoms with Gasteiger partial charge in [-0.1, -0.05) is 6.92 Å². The largest absolute Gasteiger partial charge is 0.383 e. The van der Waals surface area contributed by atoms with Gasteiger partial charge in [0.15, 0.2) is 5.11 Å². The maximum absolute atomic E-state index is 4.96. The highest BCUT2D eigenvalue weighted by atomic mass is 32.1. The molecule has 0 saturated heterocycles. The smallest absolute Gasteiger partial charge is 0.166 e. The van der Waals surface area contributed by atoms with Gasteiger partial charge in [-0.3, -0.25) is 0 Å². The van der Waals surface area contributed by atoms with Crippen LogP contribution in [0.2, 0.25) is 0 Å². The van der Waals surface area contributed by atoms with Crippen molar-refractivity contribution in [1.82, 2.24) is 10.6 Å². The van der Waals surface area contributed by atoms with E-state index >= 15 is 0 Å². The van der Waals surface area contributed by atoms with Crippen molar-refractivity contribution < 1.29 is 4.74 Å². The van der Waals surface area contributed by atoms with Gasteiger partial charge in [0.05, 0.1) is 6.61 Å². The van der Waals surface area contributed by atoms with E-state index in [0.29, 0.717) is 11.7 Å². The van der Waals surface area contributed by atoms with Gasteiger partial charge in [0.25, 0.3) is 0 Å². The summed E-state index contributed by atoms with van der Waals surface area (Å²) in [7, 11) is 1.67. The zero-order chi connectivity index (χ0) is 8.53. The van der Waals surface area contributed by atoms with E-state index in [4.69, 9.17) is 17.0 Å². The van der Waals surface area contributed by atoms with Crippen LogP contribution in [0.15, 0.2) is 0 Å². The van der Waals surface area contributed by atoms with E-state index in [1.807, 2.05) is 0 Å². The van der Waals surface area contributed by atoms with E-state index in [-0.39, 0.29) is 0 Å². The lowest BCUT2D eigenvalue weighted by Crippen LogP contribution is -2.37. The van der Waals surface area contributed by atoms with E-state index in [2.05, 4.69) is 17.6 Å². The Morgan fingerprint density at radius 1 is 1.36 bits per heavy atom. The lowest BCUT2D eigenvalue weighted by atomic mass is 10.5. The molecule has 0 radical (unpaired) electrons. The predicted octanol–water partition coefficient (Wildman–Crippen LogP) is 0.507. The molecule has 0 aliphatic rings. The normalized spacial score (nSPS) is 9.27. The Hall–Kier alpha value is -0.350. The molecule has 0 atom stereocenters. The third kappa shape index (κ3) is 7.55. The Balaban J connectivity index is 3.09. The Kier molecular flexibility index (Phi) is 7.51. The van der Waals surface area contributed by atoms with Crippen LogP contribution in [0.5, 0.6) is 0 Å². The first-order valence-corrected chi connectivity index (χ1v) is 4.22. The number of methoxy groups -OCH3 is 1. The van der Waals surface area contributed by atoms with Crippen LogP contribution in [0, 0.1) is 0 Å². The standard InChI is InChI=1S/C7H16N2OS/c1-3-4-8-7(11)9-5-6-10-2/h3-6H2,1-2H3,(H2,8,9,11). The Morgan fingerprint density at radius 3 is 2.55 bits per heavy atom. The monoisotopic (exact) mass is 176 g/mol. The van der Waals surface area contributed by atoms with Crippen molar-refractivity contribution >= 4 is 17.3 Å². The summed E-state index contributed by atoms with van der Waals surface area (Å²) in [6.45, 7) is 4.49. The molecular weight excluding hydrogens is 160 g/mol. The number of hydrogen-bond acceptors (Lipinski definition) is 2. The van der Waals surface area contributed by atoms with Crippen molar-refractivity contribution in [2.24, 2.45) is 0 Å². The van der Waals surface area contributed by atoms with E-state index < -0.39 is 0 Å². The SMILES string of the molecule is CCCNC(=S)NCCOC. The molecule has 66 valence electrons. The average Bonchev–Trinajstić information content (AvgIpc) is 2.01. The summed E-state index contributed by atoms with van der Waals surface area (Å²) in [4.78, 5) is 0. The molecule has 0 aromatic carbocycles. The summed E-state index contributed by atoms with van der Waals surface area (Å²) < 4.78 is 4.85. The average molecular weight is 176 g/mol. The van der Waals surface area contributed by atoms with Crippen molar-refractivity contribution in [2.45, 2.75) is 13.3 Å². The Morgan fingerprint density at radius 2 is 2.00 bits per heavy atom. The fourth-order valence-electron chi connectivity index (χ4n) is 0.568. The van der Waals surface area contributed by atoms with Crippen LogP contribution in [0.25, 0.3) is 0 Å². The van der Waals surface area contributed by atoms with E-state index in [0.717, 1.165) is 19.5 Å². The second kappa shape index (κ2) is 7.75. The predicted molar refractivity (Wildman–Crippen MR) is 50.8 cm³/mol. The quantitative estimate of drug-likeness (QED) is 0.472. The van der Waals surface area contributed by atoms with E-state index in [9.17, 15) is 0 Å². The molecule has 0 aromatic heterocycles. The number of rotatable bonds is 5. The summed E-state index contributed by atoms with van der Waals surface area (Å²) in [6, 6.07) is 0. The van der Waals surface area contributed by atoms with Gasteiger partial charge in [0.2, 0.25) is 0 Å². The molecule has 0 aromatic rings. The first-order valence-electron chi connectivity index (χ1n) is 3.82. The minimum Gasteiger partial charge on any atom is -0.383 e. The molecule has 0 amide bonds. The second-order valence-corrected chi connectivity index (χ2v) is 2.58. The van der Waals surface area contributed by atoms with Gasteiger partial charge in [-0.25, -0.2) is 0 Å².